The summed E-state index contributed by atoms with van der Waals surface area (Å²) in [6, 6.07) is 11.9. The van der Waals surface area contributed by atoms with Crippen LogP contribution in [0.5, 0.6) is 23.0 Å². The molecule has 0 bridgehead atoms. The predicted octanol–water partition coefficient (Wildman–Crippen LogP) is 6.78. The van der Waals surface area contributed by atoms with Gasteiger partial charge in [0.25, 0.3) is 0 Å². The molecule has 0 N–H and O–H groups in total. The molecule has 0 unspecified atom stereocenters. The molecule has 0 amide bonds. The second kappa shape index (κ2) is 6.38. The average molecular weight is 342 g/mol. The first-order chi connectivity index (χ1) is 12.6. The van der Waals surface area contributed by atoms with Crippen LogP contribution in [-0.4, -0.2) is 0 Å². The summed E-state index contributed by atoms with van der Waals surface area (Å²) in [7, 11) is 0. The van der Waals surface area contributed by atoms with Crippen molar-refractivity contribution >= 4 is 0 Å². The summed E-state index contributed by atoms with van der Waals surface area (Å²) in [5, 5.41) is 0. The number of allylic oxidation sites excluding steroid dienone is 8. The zero-order chi connectivity index (χ0) is 18.1. The van der Waals surface area contributed by atoms with Crippen LogP contribution in [0.3, 0.4) is 0 Å². The Balaban J connectivity index is 1.79. The van der Waals surface area contributed by atoms with Gasteiger partial charge in [-0.1, -0.05) is 54.7 Å². The standard InChI is InChI=1S/C24H22O2/c1-4-18-9-7-8-13-24(3,14-12-18)19-16-23-22(15-17(19)2)25-20-10-5-6-11-21(20)26-23/h4-16H,1-3H3/b9-7-,13-8-,14-12-,18-4-/t24-/m1/s1. The Kier molecular flexibility index (Phi) is 4.04. The zero-order valence-electron chi connectivity index (χ0n) is 15.3. The van der Waals surface area contributed by atoms with E-state index in [0.717, 1.165) is 23.0 Å². The predicted molar refractivity (Wildman–Crippen MR) is 106 cm³/mol. The van der Waals surface area contributed by atoms with E-state index < -0.39 is 0 Å². The molecule has 2 aliphatic rings. The number of hydrogen-bond donors (Lipinski definition) is 0. The summed E-state index contributed by atoms with van der Waals surface area (Å²) < 4.78 is 12.1. The topological polar surface area (TPSA) is 18.5 Å². The van der Waals surface area contributed by atoms with Crippen LogP contribution in [0.2, 0.25) is 0 Å². The Labute approximate surface area is 154 Å². The minimum Gasteiger partial charge on any atom is -0.450 e. The minimum absolute atomic E-state index is 0.224. The number of rotatable bonds is 1. The summed E-state index contributed by atoms with van der Waals surface area (Å²) in [6.45, 7) is 6.40. The molecule has 0 fully saturated rings. The zero-order valence-corrected chi connectivity index (χ0v) is 15.3. The van der Waals surface area contributed by atoms with Gasteiger partial charge in [-0.3, -0.25) is 0 Å². The van der Waals surface area contributed by atoms with Crippen LogP contribution in [0.4, 0.5) is 0 Å². The SMILES string of the molecule is C/C=C1/C=C\C=C/[C@@](C)(c2cc3c(cc2C)Oc2ccccc2O3)\C=C/1. The molecule has 26 heavy (non-hydrogen) atoms. The monoisotopic (exact) mass is 342 g/mol. The van der Waals surface area contributed by atoms with Crippen LogP contribution in [0, 0.1) is 6.92 Å². The molecule has 1 heterocycles. The molecule has 4 rings (SSSR count). The van der Waals surface area contributed by atoms with E-state index in [1.807, 2.05) is 24.3 Å². The number of fused-ring (bicyclic) bond motifs is 2. The average Bonchev–Trinajstić information content (AvgIpc) is 2.63. The summed E-state index contributed by atoms with van der Waals surface area (Å²) in [5.41, 5.74) is 3.36. The highest BCUT2D eigenvalue weighted by Gasteiger charge is 2.27. The number of benzene rings is 2. The van der Waals surface area contributed by atoms with E-state index in [2.05, 4.69) is 75.4 Å². The van der Waals surface area contributed by atoms with Crippen molar-refractivity contribution in [3.05, 3.63) is 95.6 Å². The van der Waals surface area contributed by atoms with Crippen molar-refractivity contribution in [1.29, 1.82) is 0 Å². The Hall–Kier alpha value is -3.00. The fraction of sp³-hybridized carbons (Fsp3) is 0.167. The van der Waals surface area contributed by atoms with E-state index >= 15 is 0 Å². The summed E-state index contributed by atoms with van der Waals surface area (Å²) >= 11 is 0. The van der Waals surface area contributed by atoms with Crippen LogP contribution in [0.1, 0.15) is 25.0 Å². The molecule has 130 valence electrons. The lowest BCUT2D eigenvalue weighted by molar-refractivity contribution is 0.358. The largest absolute Gasteiger partial charge is 0.450 e. The Morgan fingerprint density at radius 3 is 2.23 bits per heavy atom. The summed E-state index contributed by atoms with van der Waals surface area (Å²) in [4.78, 5) is 0. The van der Waals surface area contributed by atoms with Gasteiger partial charge in [-0.05, 0) is 61.7 Å². The van der Waals surface area contributed by atoms with Gasteiger partial charge in [0.15, 0.2) is 23.0 Å². The first kappa shape index (κ1) is 16.5. The summed E-state index contributed by atoms with van der Waals surface area (Å²) in [5.74, 6) is 3.03. The van der Waals surface area contributed by atoms with Gasteiger partial charge in [0.2, 0.25) is 0 Å². The number of aryl methyl sites for hydroxylation is 1. The Morgan fingerprint density at radius 1 is 0.846 bits per heavy atom. The van der Waals surface area contributed by atoms with Gasteiger partial charge in [-0.2, -0.15) is 0 Å². The fourth-order valence-corrected chi connectivity index (χ4v) is 3.43. The van der Waals surface area contributed by atoms with Crippen molar-refractivity contribution in [3.63, 3.8) is 0 Å². The molecule has 1 aliphatic carbocycles. The maximum atomic E-state index is 6.11. The molecular weight excluding hydrogens is 320 g/mol. The Bertz CT molecular complexity index is 976. The maximum Gasteiger partial charge on any atom is 0.170 e. The van der Waals surface area contributed by atoms with E-state index in [1.54, 1.807) is 0 Å². The molecule has 0 saturated heterocycles. The van der Waals surface area contributed by atoms with E-state index in [4.69, 9.17) is 9.47 Å². The van der Waals surface area contributed by atoms with Crippen LogP contribution >= 0.6 is 0 Å². The molecule has 0 aromatic heterocycles. The van der Waals surface area contributed by atoms with Crippen molar-refractivity contribution < 1.29 is 9.47 Å². The van der Waals surface area contributed by atoms with Crippen molar-refractivity contribution in [2.45, 2.75) is 26.2 Å². The van der Waals surface area contributed by atoms with Gasteiger partial charge in [0.1, 0.15) is 0 Å². The number of ether oxygens (including phenoxy) is 2. The van der Waals surface area contributed by atoms with Crippen LogP contribution in [-0.2, 0) is 5.41 Å². The van der Waals surface area contributed by atoms with E-state index in [9.17, 15) is 0 Å². The van der Waals surface area contributed by atoms with Gasteiger partial charge in [0.05, 0.1) is 0 Å². The van der Waals surface area contributed by atoms with E-state index in [1.165, 1.54) is 16.7 Å². The molecule has 1 aliphatic heterocycles. The first-order valence-corrected chi connectivity index (χ1v) is 8.90. The molecule has 2 nitrogen and oxygen atoms in total. The van der Waals surface area contributed by atoms with Crippen LogP contribution in [0.15, 0.2) is 84.5 Å². The van der Waals surface area contributed by atoms with Gasteiger partial charge in [-0.25, -0.2) is 0 Å². The lowest BCUT2D eigenvalue weighted by Crippen LogP contribution is -2.18. The van der Waals surface area contributed by atoms with Crippen molar-refractivity contribution in [3.8, 4) is 23.0 Å². The second-order valence-electron chi connectivity index (χ2n) is 6.89. The highest BCUT2D eigenvalue weighted by Crippen LogP contribution is 2.47. The molecular formula is C24H22O2. The molecule has 2 aromatic rings. The van der Waals surface area contributed by atoms with Gasteiger partial charge >= 0.3 is 0 Å². The number of para-hydroxylation sites is 2. The highest BCUT2D eigenvalue weighted by atomic mass is 16.6. The molecule has 0 spiro atoms. The van der Waals surface area contributed by atoms with E-state index in [0.29, 0.717) is 0 Å². The first-order valence-electron chi connectivity index (χ1n) is 8.90. The van der Waals surface area contributed by atoms with E-state index in [-0.39, 0.29) is 5.41 Å². The fourth-order valence-electron chi connectivity index (χ4n) is 3.43. The third-order valence-electron chi connectivity index (χ3n) is 4.96. The van der Waals surface area contributed by atoms with Crippen LogP contribution in [0.25, 0.3) is 0 Å². The molecule has 2 aromatic carbocycles. The van der Waals surface area contributed by atoms with Gasteiger partial charge < -0.3 is 9.47 Å². The minimum atomic E-state index is -0.224. The smallest absolute Gasteiger partial charge is 0.170 e. The molecule has 0 saturated carbocycles. The van der Waals surface area contributed by atoms with Crippen LogP contribution < -0.4 is 9.47 Å². The third-order valence-corrected chi connectivity index (χ3v) is 4.96. The summed E-state index contributed by atoms with van der Waals surface area (Å²) in [6.07, 6.45) is 15.1. The molecule has 0 radical (unpaired) electrons. The highest BCUT2D eigenvalue weighted by molar-refractivity contribution is 5.59. The van der Waals surface area contributed by atoms with Crippen molar-refractivity contribution in [2.24, 2.45) is 0 Å². The lowest BCUT2D eigenvalue weighted by Gasteiger charge is -2.28. The second-order valence-corrected chi connectivity index (χ2v) is 6.89. The normalized spacial score (nSPS) is 25.7. The number of hydrogen-bond acceptors (Lipinski definition) is 2. The maximum absolute atomic E-state index is 6.11. The quantitative estimate of drug-likeness (QED) is 0.485. The molecule has 1 atom stereocenters. The Morgan fingerprint density at radius 2 is 1.54 bits per heavy atom. The molecule has 2 heteroatoms. The van der Waals surface area contributed by atoms with Gasteiger partial charge in [0, 0.05) is 5.41 Å². The van der Waals surface area contributed by atoms with Gasteiger partial charge in [-0.15, -0.1) is 0 Å². The van der Waals surface area contributed by atoms with Crippen molar-refractivity contribution in [2.75, 3.05) is 0 Å². The lowest BCUT2D eigenvalue weighted by atomic mass is 9.78. The third kappa shape index (κ3) is 2.88. The van der Waals surface area contributed by atoms with Crippen molar-refractivity contribution in [1.82, 2.24) is 0 Å².